The topological polar surface area (TPSA) is 73.6 Å². The fraction of sp³-hybridized carbons (Fsp3) is 0.133. The van der Waals surface area contributed by atoms with Crippen LogP contribution in [0.1, 0.15) is 6.92 Å². The molecule has 3 N–H and O–H groups in total. The maximum absolute atomic E-state index is 11.6. The van der Waals surface area contributed by atoms with E-state index in [0.29, 0.717) is 11.4 Å². The smallest absolute Gasteiger partial charge is 0.255 e. The number of nitrogens with two attached hydrogens (primary N) is 1. The van der Waals surface area contributed by atoms with E-state index in [-0.39, 0.29) is 5.91 Å². The van der Waals surface area contributed by atoms with Crippen molar-refractivity contribution in [3.63, 3.8) is 0 Å². The monoisotopic (exact) mass is 272 g/mol. The van der Waals surface area contributed by atoms with Crippen LogP contribution in [0, 0.1) is 0 Å². The van der Waals surface area contributed by atoms with Crippen molar-refractivity contribution in [2.24, 2.45) is 5.90 Å². The largest absolute Gasteiger partial charge is 0.457 e. The number of hydrogen-bond acceptors (Lipinski definition) is 4. The predicted octanol–water partition coefficient (Wildman–Crippen LogP) is 2.70. The van der Waals surface area contributed by atoms with Gasteiger partial charge in [-0.1, -0.05) is 18.2 Å². The highest BCUT2D eigenvalue weighted by atomic mass is 16.6. The Morgan fingerprint density at radius 3 is 2.25 bits per heavy atom. The SMILES string of the molecule is CC(ON)C(=O)Nc1ccc(Oc2ccccc2)cc1. The zero-order valence-electron chi connectivity index (χ0n) is 11.1. The quantitative estimate of drug-likeness (QED) is 0.821. The lowest BCUT2D eigenvalue weighted by Crippen LogP contribution is -2.29. The van der Waals surface area contributed by atoms with E-state index in [1.54, 1.807) is 31.2 Å². The minimum Gasteiger partial charge on any atom is -0.457 e. The van der Waals surface area contributed by atoms with Crippen LogP contribution < -0.4 is 16.0 Å². The van der Waals surface area contributed by atoms with Crippen molar-refractivity contribution < 1.29 is 14.4 Å². The van der Waals surface area contributed by atoms with Gasteiger partial charge >= 0.3 is 0 Å². The highest BCUT2D eigenvalue weighted by Gasteiger charge is 2.12. The fourth-order valence-electron chi connectivity index (χ4n) is 1.54. The highest BCUT2D eigenvalue weighted by Crippen LogP contribution is 2.22. The van der Waals surface area contributed by atoms with Gasteiger partial charge in [-0.25, -0.2) is 5.90 Å². The summed E-state index contributed by atoms with van der Waals surface area (Å²) in [5, 5.41) is 2.68. The molecule has 0 saturated carbocycles. The molecule has 0 saturated heterocycles. The summed E-state index contributed by atoms with van der Waals surface area (Å²) in [6.07, 6.45) is -0.699. The van der Waals surface area contributed by atoms with Gasteiger partial charge in [0, 0.05) is 5.69 Å². The van der Waals surface area contributed by atoms with Crippen molar-refractivity contribution >= 4 is 11.6 Å². The Morgan fingerprint density at radius 2 is 1.65 bits per heavy atom. The van der Waals surface area contributed by atoms with E-state index in [0.717, 1.165) is 5.75 Å². The van der Waals surface area contributed by atoms with Crippen molar-refractivity contribution in [3.8, 4) is 11.5 Å². The molecule has 2 rings (SSSR count). The molecular weight excluding hydrogens is 256 g/mol. The first kappa shape index (κ1) is 14.0. The molecule has 0 heterocycles. The van der Waals surface area contributed by atoms with Crippen molar-refractivity contribution in [2.45, 2.75) is 13.0 Å². The second-order valence-corrected chi connectivity index (χ2v) is 4.21. The fourth-order valence-corrected chi connectivity index (χ4v) is 1.54. The molecule has 1 amide bonds. The molecule has 2 aromatic rings. The normalized spacial score (nSPS) is 11.7. The Labute approximate surface area is 117 Å². The van der Waals surface area contributed by atoms with E-state index in [1.807, 2.05) is 30.3 Å². The Hall–Kier alpha value is -2.37. The molecule has 0 radical (unpaired) electrons. The summed E-state index contributed by atoms with van der Waals surface area (Å²) in [5.41, 5.74) is 0.652. The van der Waals surface area contributed by atoms with Crippen LogP contribution in [-0.2, 0) is 9.63 Å². The minimum atomic E-state index is -0.699. The number of para-hydroxylation sites is 1. The maximum Gasteiger partial charge on any atom is 0.255 e. The third kappa shape index (κ3) is 3.81. The molecule has 2 aromatic carbocycles. The van der Waals surface area contributed by atoms with Gasteiger partial charge in [0.05, 0.1) is 0 Å². The first-order chi connectivity index (χ1) is 9.69. The Balaban J connectivity index is 1.98. The number of rotatable bonds is 5. The van der Waals surface area contributed by atoms with Crippen molar-refractivity contribution in [2.75, 3.05) is 5.32 Å². The van der Waals surface area contributed by atoms with E-state index < -0.39 is 6.10 Å². The molecule has 0 aliphatic heterocycles. The average Bonchev–Trinajstić information content (AvgIpc) is 2.49. The second kappa shape index (κ2) is 6.70. The lowest BCUT2D eigenvalue weighted by molar-refractivity contribution is -0.126. The lowest BCUT2D eigenvalue weighted by Gasteiger charge is -2.10. The van der Waals surface area contributed by atoms with Gasteiger partial charge in [-0.15, -0.1) is 0 Å². The van der Waals surface area contributed by atoms with Gasteiger partial charge in [0.15, 0.2) is 6.10 Å². The van der Waals surface area contributed by atoms with E-state index in [1.165, 1.54) is 0 Å². The lowest BCUT2D eigenvalue weighted by atomic mass is 10.2. The Kier molecular flexibility index (Phi) is 4.70. The number of ether oxygens (including phenoxy) is 1. The van der Waals surface area contributed by atoms with Crippen LogP contribution >= 0.6 is 0 Å². The van der Waals surface area contributed by atoms with Crippen LogP contribution in [0.25, 0.3) is 0 Å². The molecule has 5 heteroatoms. The molecular formula is C15H16N2O3. The Bertz CT molecular complexity index is 555. The molecule has 0 aromatic heterocycles. The number of hydrogen-bond donors (Lipinski definition) is 2. The molecule has 1 atom stereocenters. The van der Waals surface area contributed by atoms with Crippen molar-refractivity contribution in [3.05, 3.63) is 54.6 Å². The molecule has 104 valence electrons. The summed E-state index contributed by atoms with van der Waals surface area (Å²) in [7, 11) is 0. The molecule has 0 aliphatic carbocycles. The van der Waals surface area contributed by atoms with E-state index in [2.05, 4.69) is 10.2 Å². The van der Waals surface area contributed by atoms with Crippen LogP contribution in [-0.4, -0.2) is 12.0 Å². The molecule has 1 unspecified atom stereocenters. The first-order valence-electron chi connectivity index (χ1n) is 6.18. The van der Waals surface area contributed by atoms with Gasteiger partial charge in [-0.05, 0) is 43.3 Å². The van der Waals surface area contributed by atoms with Crippen LogP contribution in [0.3, 0.4) is 0 Å². The second-order valence-electron chi connectivity index (χ2n) is 4.21. The zero-order chi connectivity index (χ0) is 14.4. The summed E-state index contributed by atoms with van der Waals surface area (Å²) < 4.78 is 5.65. The van der Waals surface area contributed by atoms with Gasteiger partial charge < -0.3 is 10.1 Å². The number of carbonyl (C=O) groups is 1. The molecule has 0 aliphatic rings. The molecule has 0 bridgehead atoms. The van der Waals surface area contributed by atoms with Crippen LogP contribution in [0.2, 0.25) is 0 Å². The van der Waals surface area contributed by atoms with E-state index >= 15 is 0 Å². The van der Waals surface area contributed by atoms with Gasteiger partial charge in [0.1, 0.15) is 11.5 Å². The van der Waals surface area contributed by atoms with Crippen LogP contribution in [0.4, 0.5) is 5.69 Å². The molecule has 0 spiro atoms. The molecule has 5 nitrogen and oxygen atoms in total. The minimum absolute atomic E-state index is 0.302. The summed E-state index contributed by atoms with van der Waals surface area (Å²) in [4.78, 5) is 16.0. The average molecular weight is 272 g/mol. The number of nitrogens with one attached hydrogen (secondary N) is 1. The number of benzene rings is 2. The van der Waals surface area contributed by atoms with Gasteiger partial charge in [-0.3, -0.25) is 9.63 Å². The first-order valence-corrected chi connectivity index (χ1v) is 6.18. The highest BCUT2D eigenvalue weighted by molar-refractivity contribution is 5.93. The standard InChI is InChI=1S/C15H16N2O3/c1-11(20-16)15(18)17-12-7-9-14(10-8-12)19-13-5-3-2-4-6-13/h2-11H,16H2,1H3,(H,17,18). The van der Waals surface area contributed by atoms with Crippen molar-refractivity contribution in [1.82, 2.24) is 0 Å². The summed E-state index contributed by atoms with van der Waals surface area (Å²) in [5.74, 6) is 6.10. The number of anilines is 1. The van der Waals surface area contributed by atoms with Crippen LogP contribution in [0.15, 0.2) is 54.6 Å². The van der Waals surface area contributed by atoms with E-state index in [9.17, 15) is 4.79 Å². The zero-order valence-corrected chi connectivity index (χ0v) is 11.1. The third-order valence-electron chi connectivity index (χ3n) is 2.67. The van der Waals surface area contributed by atoms with E-state index in [4.69, 9.17) is 10.6 Å². The molecule has 0 fully saturated rings. The Morgan fingerprint density at radius 1 is 1.05 bits per heavy atom. The van der Waals surface area contributed by atoms with Crippen molar-refractivity contribution in [1.29, 1.82) is 0 Å². The number of carbonyl (C=O) groups excluding carboxylic acids is 1. The summed E-state index contributed by atoms with van der Waals surface area (Å²) in [6.45, 7) is 1.57. The predicted molar refractivity (Wildman–Crippen MR) is 76.3 cm³/mol. The van der Waals surface area contributed by atoms with Crippen LogP contribution in [0.5, 0.6) is 11.5 Å². The number of amides is 1. The molecule has 20 heavy (non-hydrogen) atoms. The van der Waals surface area contributed by atoms with Gasteiger partial charge in [0.2, 0.25) is 0 Å². The maximum atomic E-state index is 11.6. The third-order valence-corrected chi connectivity index (χ3v) is 2.67. The van der Waals surface area contributed by atoms with Gasteiger partial charge in [0.25, 0.3) is 5.91 Å². The summed E-state index contributed by atoms with van der Waals surface area (Å²) >= 11 is 0. The summed E-state index contributed by atoms with van der Waals surface area (Å²) in [6, 6.07) is 16.5. The van der Waals surface area contributed by atoms with Gasteiger partial charge in [-0.2, -0.15) is 0 Å².